The molecule has 96 valence electrons. The van der Waals surface area contributed by atoms with Crippen LogP contribution in [0.25, 0.3) is 0 Å². The lowest BCUT2D eigenvalue weighted by atomic mass is 10.1. The predicted molar refractivity (Wildman–Crippen MR) is 72.3 cm³/mol. The number of furan rings is 1. The summed E-state index contributed by atoms with van der Waals surface area (Å²) < 4.78 is 5.30. The average molecular weight is 275 g/mol. The Hall–Kier alpha value is -2.25. The molecule has 1 amide bonds. The molecule has 1 heterocycles. The lowest BCUT2D eigenvalue weighted by Crippen LogP contribution is -2.13. The number of aryl methyl sites for hydroxylation is 2. The van der Waals surface area contributed by atoms with Crippen LogP contribution < -0.4 is 5.32 Å². The third kappa shape index (κ3) is 2.78. The number of hydrogen-bond donors (Lipinski definition) is 1. The maximum Gasteiger partial charge on any atom is 0.259 e. The van der Waals surface area contributed by atoms with Crippen molar-refractivity contribution in [1.82, 2.24) is 0 Å². The van der Waals surface area contributed by atoms with Gasteiger partial charge in [-0.25, -0.2) is 0 Å². The number of halogens is 1. The molecule has 2 rings (SSSR count). The van der Waals surface area contributed by atoms with E-state index in [0.29, 0.717) is 33.4 Å². The smallest absolute Gasteiger partial charge is 0.259 e. The van der Waals surface area contributed by atoms with Crippen LogP contribution in [-0.4, -0.2) is 5.91 Å². The van der Waals surface area contributed by atoms with E-state index in [0.717, 1.165) is 0 Å². The molecule has 0 unspecified atom stereocenters. The molecule has 0 saturated heterocycles. The highest BCUT2D eigenvalue weighted by molar-refractivity contribution is 6.31. The van der Waals surface area contributed by atoms with Crippen LogP contribution in [0.15, 0.2) is 28.7 Å². The largest absolute Gasteiger partial charge is 0.466 e. The van der Waals surface area contributed by atoms with Gasteiger partial charge in [0.2, 0.25) is 0 Å². The number of nitrogens with one attached hydrogen (secondary N) is 1. The Morgan fingerprint density at radius 1 is 1.37 bits per heavy atom. The number of nitriles is 1. The second-order valence-corrected chi connectivity index (χ2v) is 4.52. The second kappa shape index (κ2) is 5.17. The zero-order chi connectivity index (χ0) is 14.0. The van der Waals surface area contributed by atoms with E-state index in [-0.39, 0.29) is 5.91 Å². The van der Waals surface area contributed by atoms with Crippen LogP contribution in [0.4, 0.5) is 5.69 Å². The molecule has 0 fully saturated rings. The number of amides is 1. The number of benzene rings is 1. The Morgan fingerprint density at radius 3 is 2.68 bits per heavy atom. The van der Waals surface area contributed by atoms with Gasteiger partial charge in [0, 0.05) is 5.02 Å². The van der Waals surface area contributed by atoms with Gasteiger partial charge in [-0.05, 0) is 38.1 Å². The molecule has 0 aliphatic heterocycles. The van der Waals surface area contributed by atoms with Crippen molar-refractivity contribution in [3.05, 3.63) is 51.9 Å². The zero-order valence-electron chi connectivity index (χ0n) is 10.5. The molecule has 2 aromatic rings. The molecule has 1 aromatic heterocycles. The molecule has 1 N–H and O–H groups in total. The second-order valence-electron chi connectivity index (χ2n) is 4.08. The van der Waals surface area contributed by atoms with Crippen molar-refractivity contribution in [3.8, 4) is 6.07 Å². The molecule has 0 aliphatic rings. The van der Waals surface area contributed by atoms with Gasteiger partial charge >= 0.3 is 0 Å². The first-order valence-corrected chi connectivity index (χ1v) is 5.97. The van der Waals surface area contributed by atoms with Crippen LogP contribution in [-0.2, 0) is 0 Å². The summed E-state index contributed by atoms with van der Waals surface area (Å²) in [5, 5.41) is 12.1. The highest BCUT2D eigenvalue weighted by Gasteiger charge is 2.15. The van der Waals surface area contributed by atoms with Crippen molar-refractivity contribution in [1.29, 1.82) is 5.26 Å². The summed E-state index contributed by atoms with van der Waals surface area (Å²) in [6.07, 6.45) is 0. The molecule has 19 heavy (non-hydrogen) atoms. The molecule has 0 aliphatic carbocycles. The van der Waals surface area contributed by atoms with E-state index in [4.69, 9.17) is 21.3 Å². The monoisotopic (exact) mass is 274 g/mol. The first-order valence-electron chi connectivity index (χ1n) is 5.59. The minimum Gasteiger partial charge on any atom is -0.466 e. The molecule has 0 saturated carbocycles. The van der Waals surface area contributed by atoms with E-state index < -0.39 is 0 Å². The number of anilines is 1. The Morgan fingerprint density at radius 2 is 2.11 bits per heavy atom. The summed E-state index contributed by atoms with van der Waals surface area (Å²) >= 11 is 5.86. The van der Waals surface area contributed by atoms with Crippen molar-refractivity contribution in [2.45, 2.75) is 13.8 Å². The summed E-state index contributed by atoms with van der Waals surface area (Å²) in [5.74, 6) is 0.873. The van der Waals surface area contributed by atoms with Gasteiger partial charge < -0.3 is 9.73 Å². The van der Waals surface area contributed by atoms with Crippen LogP contribution in [0, 0.1) is 25.2 Å². The van der Waals surface area contributed by atoms with Gasteiger partial charge in [-0.2, -0.15) is 5.26 Å². The third-order valence-electron chi connectivity index (χ3n) is 2.64. The number of rotatable bonds is 2. The molecule has 0 atom stereocenters. The fourth-order valence-corrected chi connectivity index (χ4v) is 1.94. The van der Waals surface area contributed by atoms with Crippen LogP contribution in [0.3, 0.4) is 0 Å². The van der Waals surface area contributed by atoms with Crippen molar-refractivity contribution >= 4 is 23.2 Å². The van der Waals surface area contributed by atoms with E-state index in [9.17, 15) is 4.79 Å². The van der Waals surface area contributed by atoms with Gasteiger partial charge in [-0.1, -0.05) is 11.6 Å². The Balaban J connectivity index is 2.32. The minimum absolute atomic E-state index is 0.326. The van der Waals surface area contributed by atoms with E-state index in [1.165, 1.54) is 0 Å². The van der Waals surface area contributed by atoms with E-state index in [1.807, 2.05) is 6.07 Å². The molecule has 5 heteroatoms. The van der Waals surface area contributed by atoms with Crippen LogP contribution in [0.1, 0.15) is 27.4 Å². The van der Waals surface area contributed by atoms with E-state index in [2.05, 4.69) is 5.32 Å². The van der Waals surface area contributed by atoms with Crippen LogP contribution in [0.5, 0.6) is 0 Å². The first kappa shape index (κ1) is 13.2. The lowest BCUT2D eigenvalue weighted by Gasteiger charge is -2.06. The molecule has 0 bridgehead atoms. The Kier molecular flexibility index (Phi) is 3.59. The highest BCUT2D eigenvalue weighted by Crippen LogP contribution is 2.22. The number of nitrogens with zero attached hydrogens (tertiary/aromatic N) is 1. The molecule has 0 spiro atoms. The van der Waals surface area contributed by atoms with Crippen molar-refractivity contribution < 1.29 is 9.21 Å². The quantitative estimate of drug-likeness (QED) is 0.908. The average Bonchev–Trinajstić information content (AvgIpc) is 2.69. The summed E-state index contributed by atoms with van der Waals surface area (Å²) in [4.78, 5) is 12.1. The fraction of sp³-hybridized carbons (Fsp3) is 0.143. The first-order chi connectivity index (χ1) is 9.01. The van der Waals surface area contributed by atoms with Gasteiger partial charge in [-0.3, -0.25) is 4.79 Å². The minimum atomic E-state index is -0.326. The molecular formula is C14H11ClN2O2. The normalized spacial score (nSPS) is 10.0. The maximum atomic E-state index is 12.1. The van der Waals surface area contributed by atoms with Gasteiger partial charge in [0.1, 0.15) is 17.6 Å². The van der Waals surface area contributed by atoms with Crippen molar-refractivity contribution in [2.24, 2.45) is 0 Å². The topological polar surface area (TPSA) is 66.0 Å². The van der Waals surface area contributed by atoms with E-state index in [1.54, 1.807) is 38.1 Å². The standard InChI is InChI=1S/C14H11ClN2O2/c1-8-5-12(9(2)19-8)14(18)17-13-6-11(15)4-3-10(13)7-16/h3-6H,1-2H3,(H,17,18). The fourth-order valence-electron chi connectivity index (χ4n) is 1.76. The van der Waals surface area contributed by atoms with Gasteiger partial charge in [0.05, 0.1) is 16.8 Å². The number of carbonyl (C=O) groups excluding carboxylic acids is 1. The SMILES string of the molecule is Cc1cc(C(=O)Nc2cc(Cl)ccc2C#N)c(C)o1. The summed E-state index contributed by atoms with van der Waals surface area (Å²) in [6, 6.07) is 8.36. The highest BCUT2D eigenvalue weighted by atomic mass is 35.5. The maximum absolute atomic E-state index is 12.1. The summed E-state index contributed by atoms with van der Waals surface area (Å²) in [5.41, 5.74) is 1.19. The number of carbonyl (C=O) groups is 1. The van der Waals surface area contributed by atoms with E-state index >= 15 is 0 Å². The van der Waals surface area contributed by atoms with Crippen molar-refractivity contribution in [3.63, 3.8) is 0 Å². The molecular weight excluding hydrogens is 264 g/mol. The van der Waals surface area contributed by atoms with Crippen LogP contribution in [0.2, 0.25) is 5.02 Å². The lowest BCUT2D eigenvalue weighted by molar-refractivity contribution is 0.102. The molecule has 4 nitrogen and oxygen atoms in total. The van der Waals surface area contributed by atoms with Gasteiger partial charge in [0.25, 0.3) is 5.91 Å². The Bertz CT molecular complexity index is 683. The zero-order valence-corrected chi connectivity index (χ0v) is 11.2. The predicted octanol–water partition coefficient (Wildman–Crippen LogP) is 3.67. The molecule has 0 radical (unpaired) electrons. The third-order valence-corrected chi connectivity index (χ3v) is 2.87. The summed E-state index contributed by atoms with van der Waals surface area (Å²) in [6.45, 7) is 3.48. The van der Waals surface area contributed by atoms with Crippen LogP contribution >= 0.6 is 11.6 Å². The Labute approximate surface area is 115 Å². The van der Waals surface area contributed by atoms with Gasteiger partial charge in [0.15, 0.2) is 0 Å². The number of hydrogen-bond acceptors (Lipinski definition) is 3. The summed E-state index contributed by atoms with van der Waals surface area (Å²) in [7, 11) is 0. The molecule has 1 aromatic carbocycles. The van der Waals surface area contributed by atoms with Gasteiger partial charge in [-0.15, -0.1) is 0 Å². The van der Waals surface area contributed by atoms with Crippen molar-refractivity contribution in [2.75, 3.05) is 5.32 Å².